The molecular weight excluding hydrogens is 252 g/mol. The molecule has 3 nitrogen and oxygen atoms in total. The third-order valence-electron chi connectivity index (χ3n) is 4.60. The highest BCUT2D eigenvalue weighted by atomic mass is 16.5. The Balaban J connectivity index is 2.07. The molecule has 1 fully saturated rings. The molecule has 112 valence electrons. The van der Waals surface area contributed by atoms with Crippen LogP contribution in [0.2, 0.25) is 0 Å². The summed E-state index contributed by atoms with van der Waals surface area (Å²) in [4.78, 5) is 0. The van der Waals surface area contributed by atoms with Gasteiger partial charge in [0.2, 0.25) is 0 Å². The fourth-order valence-corrected chi connectivity index (χ4v) is 3.16. The van der Waals surface area contributed by atoms with Crippen LogP contribution in [-0.4, -0.2) is 31.0 Å². The molecule has 0 bridgehead atoms. The van der Waals surface area contributed by atoms with E-state index in [9.17, 15) is 5.11 Å². The summed E-state index contributed by atoms with van der Waals surface area (Å²) in [6, 6.07) is 8.20. The molecule has 0 spiro atoms. The number of rotatable bonds is 5. The molecule has 1 aliphatic heterocycles. The summed E-state index contributed by atoms with van der Waals surface area (Å²) in [6.45, 7) is 7.03. The van der Waals surface area contributed by atoms with Crippen molar-refractivity contribution in [3.63, 3.8) is 0 Å². The quantitative estimate of drug-likeness (QED) is 0.900. The highest BCUT2D eigenvalue weighted by Gasteiger charge is 2.41. The van der Waals surface area contributed by atoms with E-state index in [1.54, 1.807) is 7.11 Å². The zero-order valence-corrected chi connectivity index (χ0v) is 12.9. The first kappa shape index (κ1) is 15.5. The zero-order chi connectivity index (χ0) is 14.7. The zero-order valence-electron chi connectivity index (χ0n) is 12.9. The number of hydrogen-bond donors (Lipinski definition) is 1. The van der Waals surface area contributed by atoms with Gasteiger partial charge in [0.1, 0.15) is 0 Å². The van der Waals surface area contributed by atoms with Crippen molar-refractivity contribution in [2.45, 2.75) is 45.5 Å². The maximum atomic E-state index is 10.6. The Morgan fingerprint density at radius 2 is 1.80 bits per heavy atom. The van der Waals surface area contributed by atoms with Crippen LogP contribution in [0.1, 0.15) is 38.0 Å². The van der Waals surface area contributed by atoms with Gasteiger partial charge in [-0.2, -0.15) is 0 Å². The van der Waals surface area contributed by atoms with Crippen molar-refractivity contribution in [2.24, 2.45) is 11.8 Å². The number of methoxy groups -OCH3 is 1. The average Bonchev–Trinajstić information content (AvgIpc) is 2.70. The molecule has 0 radical (unpaired) electrons. The minimum atomic E-state index is -0.457. The maximum absolute atomic E-state index is 10.6. The first-order valence-corrected chi connectivity index (χ1v) is 7.46. The van der Waals surface area contributed by atoms with Crippen LogP contribution in [0.4, 0.5) is 0 Å². The largest absolute Gasteiger partial charge is 0.388 e. The number of aliphatic hydroxyl groups excluding tert-OH is 1. The van der Waals surface area contributed by atoms with Gasteiger partial charge in [-0.25, -0.2) is 0 Å². The van der Waals surface area contributed by atoms with Crippen molar-refractivity contribution < 1.29 is 14.6 Å². The van der Waals surface area contributed by atoms with E-state index in [1.165, 1.54) is 5.56 Å². The van der Waals surface area contributed by atoms with Crippen LogP contribution in [0.15, 0.2) is 24.3 Å². The first-order valence-electron chi connectivity index (χ1n) is 7.46. The lowest BCUT2D eigenvalue weighted by Crippen LogP contribution is -2.25. The van der Waals surface area contributed by atoms with Crippen molar-refractivity contribution in [3.8, 4) is 0 Å². The summed E-state index contributed by atoms with van der Waals surface area (Å²) in [5, 5.41) is 10.6. The molecule has 5 atom stereocenters. The second-order valence-corrected chi connectivity index (χ2v) is 5.91. The van der Waals surface area contributed by atoms with Crippen molar-refractivity contribution in [2.75, 3.05) is 13.7 Å². The second kappa shape index (κ2) is 6.70. The molecule has 0 aliphatic carbocycles. The highest BCUT2D eigenvalue weighted by Crippen LogP contribution is 2.40. The third-order valence-corrected chi connectivity index (χ3v) is 4.60. The minimum absolute atomic E-state index is 0.100. The molecule has 1 aliphatic rings. The van der Waals surface area contributed by atoms with Gasteiger partial charge in [0.15, 0.2) is 0 Å². The molecule has 5 unspecified atom stereocenters. The van der Waals surface area contributed by atoms with E-state index in [-0.39, 0.29) is 18.1 Å². The number of benzene rings is 1. The van der Waals surface area contributed by atoms with Crippen LogP contribution in [0, 0.1) is 11.8 Å². The fraction of sp³-hybridized carbons (Fsp3) is 0.647. The summed E-state index contributed by atoms with van der Waals surface area (Å²) >= 11 is 0. The van der Waals surface area contributed by atoms with Crippen LogP contribution in [0.3, 0.4) is 0 Å². The SMILES string of the molecule is COCCc1ccc(C(O)C2C(C)OC(C)C2C)cc1. The molecule has 1 aromatic carbocycles. The molecule has 2 rings (SSSR count). The summed E-state index contributed by atoms with van der Waals surface area (Å²) in [5.74, 6) is 0.531. The number of aliphatic hydroxyl groups is 1. The van der Waals surface area contributed by atoms with Gasteiger partial charge in [0, 0.05) is 13.0 Å². The molecule has 20 heavy (non-hydrogen) atoms. The highest BCUT2D eigenvalue weighted by molar-refractivity contribution is 5.25. The van der Waals surface area contributed by atoms with Crippen LogP contribution in [0.25, 0.3) is 0 Å². The van der Waals surface area contributed by atoms with Gasteiger partial charge in [0.05, 0.1) is 24.9 Å². The van der Waals surface area contributed by atoms with Crippen molar-refractivity contribution >= 4 is 0 Å². The molecule has 0 aromatic heterocycles. The van der Waals surface area contributed by atoms with E-state index >= 15 is 0 Å². The van der Waals surface area contributed by atoms with Crippen molar-refractivity contribution in [1.82, 2.24) is 0 Å². The van der Waals surface area contributed by atoms with Crippen LogP contribution < -0.4 is 0 Å². The Kier molecular flexibility index (Phi) is 5.19. The molecule has 3 heteroatoms. The molecular formula is C17H26O3. The maximum Gasteiger partial charge on any atom is 0.0846 e. The average molecular weight is 278 g/mol. The van der Waals surface area contributed by atoms with Gasteiger partial charge in [-0.15, -0.1) is 0 Å². The number of ether oxygens (including phenoxy) is 2. The first-order chi connectivity index (χ1) is 9.54. The van der Waals surface area contributed by atoms with Gasteiger partial charge >= 0.3 is 0 Å². The monoisotopic (exact) mass is 278 g/mol. The van der Waals surface area contributed by atoms with E-state index in [0.29, 0.717) is 5.92 Å². The summed E-state index contributed by atoms with van der Waals surface area (Å²) in [6.07, 6.45) is 0.763. The standard InChI is InChI=1S/C17H26O3/c1-11-12(2)20-13(3)16(11)17(18)15-7-5-14(6-8-15)9-10-19-4/h5-8,11-13,16-18H,9-10H2,1-4H3. The Bertz CT molecular complexity index is 415. The summed E-state index contributed by atoms with van der Waals surface area (Å²) < 4.78 is 10.9. The molecule has 1 heterocycles. The molecule has 0 saturated carbocycles. The summed E-state index contributed by atoms with van der Waals surface area (Å²) in [7, 11) is 1.71. The number of hydrogen-bond acceptors (Lipinski definition) is 3. The van der Waals surface area contributed by atoms with Gasteiger partial charge in [-0.05, 0) is 37.3 Å². The van der Waals surface area contributed by atoms with Gasteiger partial charge in [-0.1, -0.05) is 31.2 Å². The third kappa shape index (κ3) is 3.22. The van der Waals surface area contributed by atoms with E-state index in [0.717, 1.165) is 18.6 Å². The predicted octanol–water partition coefficient (Wildman–Crippen LogP) is 2.97. The molecule has 1 N–H and O–H groups in total. The van der Waals surface area contributed by atoms with Crippen molar-refractivity contribution in [3.05, 3.63) is 35.4 Å². The van der Waals surface area contributed by atoms with Crippen LogP contribution in [0.5, 0.6) is 0 Å². The minimum Gasteiger partial charge on any atom is -0.388 e. The lowest BCUT2D eigenvalue weighted by molar-refractivity contribution is 0.0231. The Hall–Kier alpha value is -0.900. The van der Waals surface area contributed by atoms with Crippen LogP contribution in [-0.2, 0) is 15.9 Å². The fourth-order valence-electron chi connectivity index (χ4n) is 3.16. The van der Waals surface area contributed by atoms with Crippen LogP contribution >= 0.6 is 0 Å². The summed E-state index contributed by atoms with van der Waals surface area (Å²) in [5.41, 5.74) is 2.22. The lowest BCUT2D eigenvalue weighted by Gasteiger charge is -2.25. The molecule has 1 aromatic rings. The van der Waals surface area contributed by atoms with E-state index < -0.39 is 6.10 Å². The Labute approximate surface area is 121 Å². The van der Waals surface area contributed by atoms with Gasteiger partial charge < -0.3 is 14.6 Å². The van der Waals surface area contributed by atoms with E-state index in [2.05, 4.69) is 32.9 Å². The smallest absolute Gasteiger partial charge is 0.0846 e. The lowest BCUT2D eigenvalue weighted by atomic mass is 9.82. The normalized spacial score (nSPS) is 31.4. The van der Waals surface area contributed by atoms with Crippen molar-refractivity contribution in [1.29, 1.82) is 0 Å². The second-order valence-electron chi connectivity index (χ2n) is 5.91. The molecule has 0 amide bonds. The van der Waals surface area contributed by atoms with E-state index in [4.69, 9.17) is 9.47 Å². The van der Waals surface area contributed by atoms with Gasteiger partial charge in [-0.3, -0.25) is 0 Å². The van der Waals surface area contributed by atoms with E-state index in [1.807, 2.05) is 12.1 Å². The molecule has 1 saturated heterocycles. The Morgan fingerprint density at radius 1 is 1.15 bits per heavy atom. The van der Waals surface area contributed by atoms with Gasteiger partial charge in [0.25, 0.3) is 0 Å². The Morgan fingerprint density at radius 3 is 2.30 bits per heavy atom. The topological polar surface area (TPSA) is 38.7 Å². The predicted molar refractivity (Wildman–Crippen MR) is 79.6 cm³/mol.